The molecule has 0 aromatic rings. The van der Waals surface area contributed by atoms with E-state index in [9.17, 15) is 13.2 Å². The summed E-state index contributed by atoms with van der Waals surface area (Å²) in [5.41, 5.74) is 0. The lowest BCUT2D eigenvalue weighted by atomic mass is 10.3. The van der Waals surface area contributed by atoms with Crippen LogP contribution in [0.2, 0.25) is 0 Å². The lowest BCUT2D eigenvalue weighted by molar-refractivity contribution is -0.142. The number of rotatable bonds is 4. The molecule has 94 valence electrons. The molecule has 0 aliphatic carbocycles. The Bertz CT molecular complexity index is 348. The highest BCUT2D eigenvalue weighted by atomic mass is 32.2. The fraction of sp³-hybridized carbons (Fsp3) is 0.900. The van der Waals surface area contributed by atoms with Crippen molar-refractivity contribution in [3.05, 3.63) is 0 Å². The molecule has 0 N–H and O–H groups in total. The van der Waals surface area contributed by atoms with Gasteiger partial charge in [0.1, 0.15) is 0 Å². The Morgan fingerprint density at radius 3 is 2.62 bits per heavy atom. The molecule has 0 amide bonds. The van der Waals surface area contributed by atoms with Crippen molar-refractivity contribution in [3.63, 3.8) is 0 Å². The zero-order chi connectivity index (χ0) is 12.3. The number of hydrogen-bond acceptors (Lipinski definition) is 5. The first-order valence-corrected chi connectivity index (χ1v) is 7.03. The summed E-state index contributed by atoms with van der Waals surface area (Å²) in [6, 6.07) is 0. The van der Waals surface area contributed by atoms with Crippen LogP contribution in [0.15, 0.2) is 0 Å². The predicted octanol–water partition coefficient (Wildman–Crippen LogP) is 0.530. The van der Waals surface area contributed by atoms with Crippen molar-refractivity contribution in [1.82, 2.24) is 0 Å². The fourth-order valence-corrected chi connectivity index (χ4v) is 3.70. The standard InChI is InChI=1S/C10H18O5S/c1-4-14-10(11)8(3)16(12,13)9-5-6-15-7(9)2/h7-9H,4-6H2,1-3H3. The van der Waals surface area contributed by atoms with E-state index in [2.05, 4.69) is 0 Å². The molecule has 6 heteroatoms. The summed E-state index contributed by atoms with van der Waals surface area (Å²) >= 11 is 0. The maximum Gasteiger partial charge on any atom is 0.324 e. The van der Waals surface area contributed by atoms with Crippen LogP contribution in [0.3, 0.4) is 0 Å². The van der Waals surface area contributed by atoms with Crippen LogP contribution >= 0.6 is 0 Å². The Morgan fingerprint density at radius 1 is 1.56 bits per heavy atom. The van der Waals surface area contributed by atoms with Crippen LogP contribution in [0.1, 0.15) is 27.2 Å². The molecule has 5 nitrogen and oxygen atoms in total. The van der Waals surface area contributed by atoms with Gasteiger partial charge in [-0.1, -0.05) is 0 Å². The monoisotopic (exact) mass is 250 g/mol. The van der Waals surface area contributed by atoms with Gasteiger partial charge in [0.05, 0.1) is 18.0 Å². The number of carbonyl (C=O) groups is 1. The second-order valence-corrected chi connectivity index (χ2v) is 6.38. The van der Waals surface area contributed by atoms with Gasteiger partial charge >= 0.3 is 5.97 Å². The molecule has 0 saturated carbocycles. The molecule has 1 aliphatic heterocycles. The van der Waals surface area contributed by atoms with Crippen LogP contribution in [0.5, 0.6) is 0 Å². The summed E-state index contributed by atoms with van der Waals surface area (Å²) in [7, 11) is -3.51. The van der Waals surface area contributed by atoms with Crippen molar-refractivity contribution in [2.75, 3.05) is 13.2 Å². The normalized spacial score (nSPS) is 27.7. The number of sulfone groups is 1. The van der Waals surface area contributed by atoms with Crippen molar-refractivity contribution in [1.29, 1.82) is 0 Å². The minimum atomic E-state index is -3.51. The zero-order valence-corrected chi connectivity index (χ0v) is 10.6. The summed E-state index contributed by atoms with van der Waals surface area (Å²) in [4.78, 5) is 11.4. The van der Waals surface area contributed by atoms with E-state index >= 15 is 0 Å². The van der Waals surface area contributed by atoms with Gasteiger partial charge in [0, 0.05) is 6.61 Å². The molecule has 1 saturated heterocycles. The van der Waals surface area contributed by atoms with Crippen LogP contribution in [-0.2, 0) is 24.1 Å². The van der Waals surface area contributed by atoms with Crippen LogP contribution in [0, 0.1) is 0 Å². The Balaban J connectivity index is 2.80. The first kappa shape index (κ1) is 13.4. The third kappa shape index (κ3) is 2.55. The van der Waals surface area contributed by atoms with Crippen molar-refractivity contribution < 1.29 is 22.7 Å². The Hall–Kier alpha value is -0.620. The summed E-state index contributed by atoms with van der Waals surface area (Å²) in [6.45, 7) is 5.36. The average molecular weight is 250 g/mol. The second kappa shape index (κ2) is 5.14. The van der Waals surface area contributed by atoms with Crippen molar-refractivity contribution in [2.24, 2.45) is 0 Å². The van der Waals surface area contributed by atoms with Crippen molar-refractivity contribution >= 4 is 15.8 Å². The summed E-state index contributed by atoms with van der Waals surface area (Å²) in [5, 5.41) is -1.70. The number of carbonyl (C=O) groups excluding carboxylic acids is 1. The van der Waals surface area contributed by atoms with Crippen LogP contribution in [0.4, 0.5) is 0 Å². The zero-order valence-electron chi connectivity index (χ0n) is 9.80. The minimum absolute atomic E-state index is 0.190. The third-order valence-electron chi connectivity index (χ3n) is 2.84. The second-order valence-electron chi connectivity index (χ2n) is 3.89. The molecular weight excluding hydrogens is 232 g/mol. The van der Waals surface area contributed by atoms with Gasteiger partial charge in [-0.2, -0.15) is 0 Å². The quantitative estimate of drug-likeness (QED) is 0.681. The van der Waals surface area contributed by atoms with E-state index in [1.807, 2.05) is 0 Å². The summed E-state index contributed by atoms with van der Waals surface area (Å²) < 4.78 is 34.1. The van der Waals surface area contributed by atoms with Crippen LogP contribution in [0.25, 0.3) is 0 Å². The molecule has 16 heavy (non-hydrogen) atoms. The maximum atomic E-state index is 12.1. The smallest absolute Gasteiger partial charge is 0.324 e. The van der Waals surface area contributed by atoms with Crippen LogP contribution in [-0.4, -0.2) is 44.2 Å². The SMILES string of the molecule is CCOC(=O)C(C)S(=O)(=O)C1CCOC1C. The highest BCUT2D eigenvalue weighted by Crippen LogP contribution is 2.24. The fourth-order valence-electron chi connectivity index (χ4n) is 1.80. The topological polar surface area (TPSA) is 69.7 Å². The van der Waals surface area contributed by atoms with E-state index in [1.54, 1.807) is 13.8 Å². The number of ether oxygens (including phenoxy) is 2. The molecule has 1 aliphatic rings. The summed E-state index contributed by atoms with van der Waals surface area (Å²) in [6.07, 6.45) is 0.106. The lowest BCUT2D eigenvalue weighted by Crippen LogP contribution is -2.39. The number of esters is 1. The summed E-state index contributed by atoms with van der Waals surface area (Å²) in [5.74, 6) is -0.679. The molecule has 1 rings (SSSR count). The predicted molar refractivity (Wildman–Crippen MR) is 58.8 cm³/mol. The first-order chi connectivity index (χ1) is 7.41. The molecule has 0 radical (unpaired) electrons. The molecule has 1 heterocycles. The molecule has 0 bridgehead atoms. The average Bonchev–Trinajstić information content (AvgIpc) is 2.64. The van der Waals surface area contributed by atoms with Crippen molar-refractivity contribution in [3.8, 4) is 0 Å². The Morgan fingerprint density at radius 2 is 2.19 bits per heavy atom. The molecule has 0 aromatic heterocycles. The molecular formula is C10H18O5S. The van der Waals surface area contributed by atoms with Crippen molar-refractivity contribution in [2.45, 2.75) is 43.8 Å². The third-order valence-corrected chi connectivity index (χ3v) is 5.48. The van der Waals surface area contributed by atoms with Crippen LogP contribution < -0.4 is 0 Å². The van der Waals surface area contributed by atoms with Gasteiger partial charge in [0.15, 0.2) is 15.1 Å². The van der Waals surface area contributed by atoms with Gasteiger partial charge in [-0.05, 0) is 27.2 Å². The molecule has 3 atom stereocenters. The molecule has 0 aromatic carbocycles. The first-order valence-electron chi connectivity index (χ1n) is 5.42. The molecule has 3 unspecified atom stereocenters. The van der Waals surface area contributed by atoms with E-state index in [-0.39, 0.29) is 12.7 Å². The van der Waals surface area contributed by atoms with Gasteiger partial charge in [0.2, 0.25) is 0 Å². The Labute approximate surface area is 96.0 Å². The van der Waals surface area contributed by atoms with Gasteiger partial charge in [-0.3, -0.25) is 4.79 Å². The van der Waals surface area contributed by atoms with Gasteiger partial charge in [-0.15, -0.1) is 0 Å². The highest BCUT2D eigenvalue weighted by molar-refractivity contribution is 7.93. The largest absolute Gasteiger partial charge is 0.465 e. The Kier molecular flexibility index (Phi) is 4.32. The van der Waals surface area contributed by atoms with Gasteiger partial charge in [0.25, 0.3) is 0 Å². The van der Waals surface area contributed by atoms with E-state index in [4.69, 9.17) is 9.47 Å². The van der Waals surface area contributed by atoms with E-state index < -0.39 is 26.3 Å². The van der Waals surface area contributed by atoms with E-state index in [0.717, 1.165) is 0 Å². The van der Waals surface area contributed by atoms with Gasteiger partial charge in [-0.25, -0.2) is 8.42 Å². The molecule has 0 spiro atoms. The maximum absolute atomic E-state index is 12.1. The molecule has 1 fully saturated rings. The lowest BCUT2D eigenvalue weighted by Gasteiger charge is -2.19. The van der Waals surface area contributed by atoms with E-state index in [0.29, 0.717) is 13.0 Å². The minimum Gasteiger partial charge on any atom is -0.465 e. The van der Waals surface area contributed by atoms with Gasteiger partial charge < -0.3 is 9.47 Å². The van der Waals surface area contributed by atoms with E-state index in [1.165, 1.54) is 6.92 Å². The number of hydrogen-bond donors (Lipinski definition) is 0. The highest BCUT2D eigenvalue weighted by Gasteiger charge is 2.42.